The molecule has 1 aromatic carbocycles. The van der Waals surface area contributed by atoms with Crippen LogP contribution in [0.25, 0.3) is 0 Å². The lowest BCUT2D eigenvalue weighted by Gasteiger charge is -2.32. The van der Waals surface area contributed by atoms with E-state index in [1.54, 1.807) is 9.80 Å². The Morgan fingerprint density at radius 3 is 2.44 bits per heavy atom. The van der Waals surface area contributed by atoms with Crippen molar-refractivity contribution in [2.24, 2.45) is 0 Å². The molecule has 130 valence electrons. The van der Waals surface area contributed by atoms with Crippen LogP contribution in [-0.2, 0) is 4.79 Å². The molecule has 7 nitrogen and oxygen atoms in total. The zero-order valence-electron chi connectivity index (χ0n) is 13.2. The summed E-state index contributed by atoms with van der Waals surface area (Å²) in [5.74, 6) is -1.48. The van der Waals surface area contributed by atoms with E-state index in [2.05, 4.69) is 15.5 Å². The van der Waals surface area contributed by atoms with Crippen molar-refractivity contribution in [1.82, 2.24) is 20.0 Å². The van der Waals surface area contributed by atoms with Gasteiger partial charge in [-0.15, -0.1) is 10.2 Å². The lowest BCUT2D eigenvalue weighted by atomic mass is 10.2. The van der Waals surface area contributed by atoms with E-state index in [-0.39, 0.29) is 23.1 Å². The topological polar surface area (TPSA) is 78.4 Å². The molecule has 25 heavy (non-hydrogen) atoms. The number of nitrogens with one attached hydrogen (secondary N) is 1. The first-order chi connectivity index (χ1) is 12.1. The number of nitrogens with zero attached hydrogens (tertiary/aromatic N) is 4. The van der Waals surface area contributed by atoms with Crippen LogP contribution >= 0.6 is 0 Å². The van der Waals surface area contributed by atoms with E-state index >= 15 is 0 Å². The molecule has 0 aliphatic carbocycles. The Hall–Kier alpha value is -3.10. The third-order valence-corrected chi connectivity index (χ3v) is 3.83. The van der Waals surface area contributed by atoms with E-state index in [9.17, 15) is 18.4 Å². The van der Waals surface area contributed by atoms with Crippen molar-refractivity contribution in [3.05, 3.63) is 47.7 Å². The van der Waals surface area contributed by atoms with Crippen LogP contribution in [0.5, 0.6) is 0 Å². The van der Waals surface area contributed by atoms with Crippen LogP contribution in [0.15, 0.2) is 30.3 Å². The Morgan fingerprint density at radius 1 is 1.08 bits per heavy atom. The van der Waals surface area contributed by atoms with E-state index in [0.29, 0.717) is 26.2 Å². The molecule has 1 aliphatic heterocycles. The van der Waals surface area contributed by atoms with Gasteiger partial charge >= 0.3 is 0 Å². The predicted octanol–water partition coefficient (Wildman–Crippen LogP) is 1.41. The number of piperazine rings is 1. The second kappa shape index (κ2) is 7.20. The molecule has 1 fully saturated rings. The summed E-state index contributed by atoms with van der Waals surface area (Å²) >= 11 is 0. The summed E-state index contributed by atoms with van der Waals surface area (Å²) in [6.45, 7) is 1.82. The van der Waals surface area contributed by atoms with Crippen LogP contribution in [0.1, 0.15) is 10.5 Å². The van der Waals surface area contributed by atoms with Gasteiger partial charge in [-0.05, 0) is 24.3 Å². The first kappa shape index (κ1) is 16.7. The Bertz CT molecular complexity index is 777. The van der Waals surface area contributed by atoms with Crippen LogP contribution in [0.2, 0.25) is 0 Å². The van der Waals surface area contributed by atoms with E-state index in [4.69, 9.17) is 0 Å². The number of hydrogen-bond donors (Lipinski definition) is 1. The zero-order valence-corrected chi connectivity index (χ0v) is 13.2. The second-order valence-electron chi connectivity index (χ2n) is 5.49. The molecule has 3 rings (SSSR count). The predicted molar refractivity (Wildman–Crippen MR) is 85.2 cm³/mol. The van der Waals surface area contributed by atoms with Crippen molar-refractivity contribution in [3.8, 4) is 0 Å². The third kappa shape index (κ3) is 3.87. The number of aromatic nitrogens is 2. The minimum atomic E-state index is -0.755. The molecular weight excluding hydrogens is 332 g/mol. The van der Waals surface area contributed by atoms with Gasteiger partial charge in [0, 0.05) is 32.2 Å². The molecule has 1 aliphatic rings. The van der Waals surface area contributed by atoms with Crippen LogP contribution in [-0.4, -0.2) is 58.5 Å². The number of hydrogen-bond acceptors (Lipinski definition) is 5. The van der Waals surface area contributed by atoms with Crippen LogP contribution < -0.4 is 5.32 Å². The molecule has 2 heterocycles. The third-order valence-electron chi connectivity index (χ3n) is 3.83. The monoisotopic (exact) mass is 347 g/mol. The quantitative estimate of drug-likeness (QED) is 0.846. The highest BCUT2D eigenvalue weighted by Crippen LogP contribution is 2.19. The lowest BCUT2D eigenvalue weighted by Crippen LogP contribution is -2.48. The number of carbonyl (C=O) groups is 2. The summed E-state index contributed by atoms with van der Waals surface area (Å²) in [6, 6.07) is 6.09. The van der Waals surface area contributed by atoms with Crippen molar-refractivity contribution in [3.63, 3.8) is 0 Å². The largest absolute Gasteiger partial charge is 0.342 e. The number of anilines is 2. The molecule has 0 radical (unpaired) electrons. The molecular formula is C16H15F2N5O2. The van der Waals surface area contributed by atoms with Crippen molar-refractivity contribution >= 4 is 23.8 Å². The highest BCUT2D eigenvalue weighted by molar-refractivity contribution is 5.92. The summed E-state index contributed by atoms with van der Waals surface area (Å²) in [5.41, 5.74) is 0.212. The first-order valence-electron chi connectivity index (χ1n) is 7.61. The van der Waals surface area contributed by atoms with Gasteiger partial charge in [-0.25, -0.2) is 8.78 Å². The summed E-state index contributed by atoms with van der Waals surface area (Å²) in [7, 11) is 0. The molecule has 0 bridgehead atoms. The number of benzene rings is 1. The summed E-state index contributed by atoms with van der Waals surface area (Å²) < 4.78 is 26.5. The highest BCUT2D eigenvalue weighted by Gasteiger charge is 2.22. The van der Waals surface area contributed by atoms with Gasteiger partial charge < -0.3 is 15.1 Å². The fourth-order valence-electron chi connectivity index (χ4n) is 2.43. The molecule has 1 saturated heterocycles. The van der Waals surface area contributed by atoms with Crippen molar-refractivity contribution in [2.45, 2.75) is 0 Å². The van der Waals surface area contributed by atoms with Gasteiger partial charge in [0.05, 0.1) is 5.69 Å². The van der Waals surface area contributed by atoms with Crippen molar-refractivity contribution < 1.29 is 18.4 Å². The molecule has 0 unspecified atom stereocenters. The van der Waals surface area contributed by atoms with Gasteiger partial charge in [0.15, 0.2) is 11.5 Å². The van der Waals surface area contributed by atoms with Crippen molar-refractivity contribution in [2.75, 3.05) is 31.5 Å². The molecule has 0 atom stereocenters. The number of carbonyl (C=O) groups excluding carboxylic acids is 2. The molecule has 0 saturated carbocycles. The van der Waals surface area contributed by atoms with E-state index in [1.807, 2.05) is 0 Å². The Morgan fingerprint density at radius 2 is 1.84 bits per heavy atom. The maximum Gasteiger partial charge on any atom is 0.274 e. The molecule has 1 N–H and O–H groups in total. The average Bonchev–Trinajstić information content (AvgIpc) is 2.64. The molecule has 2 aromatic rings. The first-order valence-corrected chi connectivity index (χ1v) is 7.61. The maximum absolute atomic E-state index is 13.6. The molecule has 1 aromatic heterocycles. The average molecular weight is 347 g/mol. The maximum atomic E-state index is 13.6. The summed E-state index contributed by atoms with van der Waals surface area (Å²) in [6.07, 6.45) is 0.761. The molecule has 2 amide bonds. The van der Waals surface area contributed by atoms with Gasteiger partial charge in [-0.2, -0.15) is 0 Å². The lowest BCUT2D eigenvalue weighted by molar-refractivity contribution is -0.119. The zero-order chi connectivity index (χ0) is 17.8. The highest BCUT2D eigenvalue weighted by atomic mass is 19.1. The van der Waals surface area contributed by atoms with E-state index in [1.165, 1.54) is 18.2 Å². The minimum absolute atomic E-state index is 0.0553. The summed E-state index contributed by atoms with van der Waals surface area (Å²) in [5, 5.41) is 10.4. The summed E-state index contributed by atoms with van der Waals surface area (Å²) in [4.78, 5) is 26.2. The van der Waals surface area contributed by atoms with Gasteiger partial charge in [0.25, 0.3) is 5.91 Å². The number of halogens is 2. The van der Waals surface area contributed by atoms with Gasteiger partial charge in [0.1, 0.15) is 11.6 Å². The van der Waals surface area contributed by atoms with Crippen LogP contribution in [0.3, 0.4) is 0 Å². The minimum Gasteiger partial charge on any atom is -0.342 e. The number of amides is 2. The Kier molecular flexibility index (Phi) is 4.82. The van der Waals surface area contributed by atoms with Crippen LogP contribution in [0, 0.1) is 11.6 Å². The van der Waals surface area contributed by atoms with Gasteiger partial charge in [-0.3, -0.25) is 9.59 Å². The van der Waals surface area contributed by atoms with E-state index < -0.39 is 11.6 Å². The molecule has 9 heteroatoms. The van der Waals surface area contributed by atoms with Crippen LogP contribution in [0.4, 0.5) is 20.3 Å². The normalized spacial score (nSPS) is 14.3. The van der Waals surface area contributed by atoms with Crippen molar-refractivity contribution in [1.29, 1.82) is 0 Å². The fourth-order valence-corrected chi connectivity index (χ4v) is 2.43. The second-order valence-corrected chi connectivity index (χ2v) is 5.49. The van der Waals surface area contributed by atoms with Gasteiger partial charge in [0.2, 0.25) is 6.41 Å². The van der Waals surface area contributed by atoms with E-state index in [0.717, 1.165) is 18.5 Å². The SMILES string of the molecule is O=CN1CCN(C(=O)c2ccc(Nc3ccc(F)cc3F)nn2)CC1. The van der Waals surface area contributed by atoms with Gasteiger partial charge in [-0.1, -0.05) is 0 Å². The fraction of sp³-hybridized carbons (Fsp3) is 0.250. The smallest absolute Gasteiger partial charge is 0.274 e. The Labute approximate surface area is 142 Å². The molecule has 0 spiro atoms. The standard InChI is InChI=1S/C16H15F2N5O2/c17-11-1-2-13(12(18)9-11)19-15-4-3-14(20-21-15)16(25)23-7-5-22(10-24)6-8-23/h1-4,9-10H,5-8H2,(H,19,21). The Balaban J connectivity index is 1.65. The number of rotatable bonds is 4.